The molecule has 1 N–H and O–H groups in total. The second kappa shape index (κ2) is 6.59. The fourth-order valence-electron chi connectivity index (χ4n) is 3.39. The molecule has 1 atom stereocenters. The summed E-state index contributed by atoms with van der Waals surface area (Å²) in [5, 5.41) is 9.77. The van der Waals surface area contributed by atoms with Crippen LogP contribution in [0.1, 0.15) is 36.6 Å². The Morgan fingerprint density at radius 3 is 2.44 bits per heavy atom. The van der Waals surface area contributed by atoms with Crippen molar-refractivity contribution < 1.29 is 19.4 Å². The highest BCUT2D eigenvalue weighted by Crippen LogP contribution is 2.39. The van der Waals surface area contributed by atoms with Gasteiger partial charge in [0.15, 0.2) is 6.04 Å². The molecule has 2 aromatic carbocycles. The number of aliphatic carboxylic acids is 1. The van der Waals surface area contributed by atoms with Crippen LogP contribution in [0, 0.1) is 0 Å². The molecule has 0 radical (unpaired) electrons. The van der Waals surface area contributed by atoms with E-state index in [4.69, 9.17) is 4.74 Å². The van der Waals surface area contributed by atoms with Gasteiger partial charge in [0, 0.05) is 5.54 Å². The van der Waals surface area contributed by atoms with E-state index in [2.05, 4.69) is 0 Å². The zero-order valence-corrected chi connectivity index (χ0v) is 14.3. The fraction of sp³-hybridized carbons (Fsp3) is 0.300. The summed E-state index contributed by atoms with van der Waals surface area (Å²) >= 11 is 0. The van der Waals surface area contributed by atoms with Crippen molar-refractivity contribution in [3.63, 3.8) is 0 Å². The number of nitrogens with zero attached hydrogens (tertiary/aromatic N) is 1. The Balaban J connectivity index is 1.89. The van der Waals surface area contributed by atoms with Gasteiger partial charge in [0.2, 0.25) is 0 Å². The van der Waals surface area contributed by atoms with Gasteiger partial charge in [0.05, 0.1) is 0 Å². The van der Waals surface area contributed by atoms with Crippen molar-refractivity contribution in [2.75, 3.05) is 0 Å². The Kier molecular flexibility index (Phi) is 4.49. The molecule has 1 amide bonds. The van der Waals surface area contributed by atoms with E-state index in [1.807, 2.05) is 56.3 Å². The van der Waals surface area contributed by atoms with Crippen LogP contribution in [0.2, 0.25) is 0 Å². The number of ether oxygens (including phenoxy) is 1. The van der Waals surface area contributed by atoms with Gasteiger partial charge in [-0.05, 0) is 37.0 Å². The summed E-state index contributed by atoms with van der Waals surface area (Å²) in [4.78, 5) is 26.0. The van der Waals surface area contributed by atoms with Gasteiger partial charge in [-0.1, -0.05) is 54.6 Å². The highest BCUT2D eigenvalue weighted by Gasteiger charge is 2.46. The van der Waals surface area contributed by atoms with Gasteiger partial charge in [-0.25, -0.2) is 9.59 Å². The average Bonchev–Trinajstić information content (AvgIpc) is 2.58. The molecule has 3 rings (SSSR count). The van der Waals surface area contributed by atoms with Crippen LogP contribution in [-0.4, -0.2) is 27.6 Å². The maximum Gasteiger partial charge on any atom is 0.411 e. The van der Waals surface area contributed by atoms with Crippen LogP contribution in [0.4, 0.5) is 4.79 Å². The van der Waals surface area contributed by atoms with E-state index in [9.17, 15) is 14.7 Å². The van der Waals surface area contributed by atoms with Crippen molar-refractivity contribution in [3.05, 3.63) is 71.3 Å². The quantitative estimate of drug-likeness (QED) is 0.924. The number of carbonyl (C=O) groups excluding carboxylic acids is 1. The molecule has 0 aromatic heterocycles. The Morgan fingerprint density at radius 2 is 1.76 bits per heavy atom. The van der Waals surface area contributed by atoms with Crippen molar-refractivity contribution in [1.29, 1.82) is 0 Å². The molecule has 25 heavy (non-hydrogen) atoms. The van der Waals surface area contributed by atoms with Crippen LogP contribution in [0.25, 0.3) is 0 Å². The van der Waals surface area contributed by atoms with E-state index >= 15 is 0 Å². The topological polar surface area (TPSA) is 66.8 Å². The second-order valence-electron chi connectivity index (χ2n) is 6.84. The first-order chi connectivity index (χ1) is 11.9. The van der Waals surface area contributed by atoms with Crippen LogP contribution in [0.3, 0.4) is 0 Å². The standard InChI is InChI=1S/C20H21NO4/c1-20(2)12-15-10-6-7-11-16(15)17(18(22)23)21(20)19(24)25-13-14-8-4-3-5-9-14/h3-11,17H,12-13H2,1-2H3,(H,22,23). The Morgan fingerprint density at radius 1 is 1.12 bits per heavy atom. The van der Waals surface area contributed by atoms with Crippen LogP contribution >= 0.6 is 0 Å². The van der Waals surface area contributed by atoms with Gasteiger partial charge >= 0.3 is 12.1 Å². The maximum atomic E-state index is 12.8. The van der Waals surface area contributed by atoms with Gasteiger partial charge in [-0.2, -0.15) is 0 Å². The smallest absolute Gasteiger partial charge is 0.411 e. The number of hydrogen-bond donors (Lipinski definition) is 1. The molecule has 0 aliphatic carbocycles. The number of carboxylic acids is 1. The number of carbonyl (C=O) groups is 2. The van der Waals surface area contributed by atoms with Crippen molar-refractivity contribution >= 4 is 12.1 Å². The van der Waals surface area contributed by atoms with Gasteiger partial charge in [-0.15, -0.1) is 0 Å². The number of rotatable bonds is 3. The summed E-state index contributed by atoms with van der Waals surface area (Å²) < 4.78 is 5.42. The maximum absolute atomic E-state index is 12.8. The lowest BCUT2D eigenvalue weighted by Crippen LogP contribution is -2.56. The van der Waals surface area contributed by atoms with E-state index in [0.29, 0.717) is 12.0 Å². The normalized spacial score (nSPS) is 18.3. The van der Waals surface area contributed by atoms with E-state index in [1.165, 1.54) is 4.90 Å². The SMILES string of the molecule is CC1(C)Cc2ccccc2C(C(=O)O)N1C(=O)OCc1ccccc1. The zero-order valence-electron chi connectivity index (χ0n) is 14.3. The van der Waals surface area contributed by atoms with Gasteiger partial charge in [0.1, 0.15) is 6.61 Å². The minimum absolute atomic E-state index is 0.111. The zero-order chi connectivity index (χ0) is 18.0. The lowest BCUT2D eigenvalue weighted by Gasteiger charge is -2.45. The minimum Gasteiger partial charge on any atom is -0.479 e. The molecule has 1 unspecified atom stereocenters. The number of carboxylic acid groups (broad SMARTS) is 1. The molecule has 130 valence electrons. The van der Waals surface area contributed by atoms with Crippen LogP contribution in [0.15, 0.2) is 54.6 Å². The molecule has 2 aromatic rings. The highest BCUT2D eigenvalue weighted by molar-refractivity contribution is 5.83. The summed E-state index contributed by atoms with van der Waals surface area (Å²) in [5.74, 6) is -1.06. The molecule has 5 nitrogen and oxygen atoms in total. The molecule has 1 aliphatic heterocycles. The number of benzene rings is 2. The number of amides is 1. The monoisotopic (exact) mass is 339 g/mol. The predicted molar refractivity (Wildman–Crippen MR) is 93.1 cm³/mol. The largest absolute Gasteiger partial charge is 0.479 e. The number of hydrogen-bond acceptors (Lipinski definition) is 3. The third-order valence-electron chi connectivity index (χ3n) is 4.52. The Labute approximate surface area is 146 Å². The van der Waals surface area contributed by atoms with Crippen molar-refractivity contribution in [2.24, 2.45) is 0 Å². The molecule has 0 bridgehead atoms. The van der Waals surface area contributed by atoms with E-state index in [1.54, 1.807) is 12.1 Å². The van der Waals surface area contributed by atoms with Crippen LogP contribution in [0.5, 0.6) is 0 Å². The average molecular weight is 339 g/mol. The summed E-state index contributed by atoms with van der Waals surface area (Å²) in [6.45, 7) is 3.84. The van der Waals surface area contributed by atoms with Gasteiger partial charge in [0.25, 0.3) is 0 Å². The molecule has 5 heteroatoms. The number of fused-ring (bicyclic) bond motifs is 1. The molecule has 1 heterocycles. The van der Waals surface area contributed by atoms with E-state index in [-0.39, 0.29) is 6.61 Å². The third kappa shape index (κ3) is 3.36. The Bertz CT molecular complexity index is 785. The van der Waals surface area contributed by atoms with Gasteiger partial charge in [-0.3, -0.25) is 4.90 Å². The first-order valence-electron chi connectivity index (χ1n) is 8.21. The molecule has 0 saturated heterocycles. The fourth-order valence-corrected chi connectivity index (χ4v) is 3.39. The van der Waals surface area contributed by atoms with Crippen LogP contribution < -0.4 is 0 Å². The van der Waals surface area contributed by atoms with Gasteiger partial charge < -0.3 is 9.84 Å². The molecule has 1 aliphatic rings. The first kappa shape index (κ1) is 17.0. The van der Waals surface area contributed by atoms with Crippen LogP contribution in [-0.2, 0) is 22.6 Å². The van der Waals surface area contributed by atoms with E-state index in [0.717, 1.165) is 11.1 Å². The highest BCUT2D eigenvalue weighted by atomic mass is 16.6. The Hall–Kier alpha value is -2.82. The third-order valence-corrected chi connectivity index (χ3v) is 4.52. The summed E-state index contributed by atoms with van der Waals surface area (Å²) in [5.41, 5.74) is 1.79. The lowest BCUT2D eigenvalue weighted by molar-refractivity contribution is -0.146. The second-order valence-corrected chi connectivity index (χ2v) is 6.84. The molecule has 0 fully saturated rings. The molecular weight excluding hydrogens is 318 g/mol. The van der Waals surface area contributed by atoms with Crippen molar-refractivity contribution in [2.45, 2.75) is 38.5 Å². The summed E-state index contributed by atoms with van der Waals surface area (Å²) in [7, 11) is 0. The minimum atomic E-state index is -1.06. The van der Waals surface area contributed by atoms with E-state index < -0.39 is 23.6 Å². The van der Waals surface area contributed by atoms with Crippen molar-refractivity contribution in [3.8, 4) is 0 Å². The first-order valence-corrected chi connectivity index (χ1v) is 8.21. The summed E-state index contributed by atoms with van der Waals surface area (Å²) in [6.07, 6.45) is -0.0383. The lowest BCUT2D eigenvalue weighted by atomic mass is 9.81. The summed E-state index contributed by atoms with van der Waals surface area (Å²) in [6, 6.07) is 15.6. The van der Waals surface area contributed by atoms with Crippen molar-refractivity contribution in [1.82, 2.24) is 4.90 Å². The molecule has 0 spiro atoms. The molecule has 0 saturated carbocycles. The molecular formula is C20H21NO4. The predicted octanol–water partition coefficient (Wildman–Crippen LogP) is 3.79.